The third-order valence-electron chi connectivity index (χ3n) is 2.93. The molecular formula is C14H9F3N4OS. The minimum atomic E-state index is -4.39. The minimum Gasteiger partial charge on any atom is -0.324 e. The summed E-state index contributed by atoms with van der Waals surface area (Å²) >= 11 is 1.35. The number of hydrogen-bond donors (Lipinski definition) is 2. The lowest BCUT2D eigenvalue weighted by Crippen LogP contribution is -2.15. The fourth-order valence-corrected chi connectivity index (χ4v) is 2.55. The van der Waals surface area contributed by atoms with E-state index in [1.165, 1.54) is 23.5 Å². The second-order valence-electron chi connectivity index (χ2n) is 4.53. The third kappa shape index (κ3) is 3.39. The molecule has 0 aliphatic carbocycles. The summed E-state index contributed by atoms with van der Waals surface area (Å²) < 4.78 is 37.5. The third-order valence-corrected chi connectivity index (χ3v) is 3.80. The molecule has 0 aliphatic rings. The first kappa shape index (κ1) is 15.2. The van der Waals surface area contributed by atoms with Crippen LogP contribution >= 0.6 is 11.3 Å². The average Bonchev–Trinajstić information content (AvgIpc) is 3.01. The van der Waals surface area contributed by atoms with Crippen LogP contribution in [0.1, 0.15) is 5.56 Å². The highest BCUT2D eigenvalue weighted by atomic mass is 32.1. The van der Waals surface area contributed by atoms with Crippen molar-refractivity contribution in [2.24, 2.45) is 0 Å². The van der Waals surface area contributed by atoms with Gasteiger partial charge in [0.15, 0.2) is 5.69 Å². The van der Waals surface area contributed by atoms with E-state index in [-0.39, 0.29) is 11.6 Å². The van der Waals surface area contributed by atoms with Gasteiger partial charge in [0, 0.05) is 5.69 Å². The van der Waals surface area contributed by atoms with Crippen LogP contribution in [0.3, 0.4) is 0 Å². The van der Waals surface area contributed by atoms with Crippen LogP contribution in [-0.4, -0.2) is 15.2 Å². The first-order valence-corrected chi connectivity index (χ1v) is 7.26. The summed E-state index contributed by atoms with van der Waals surface area (Å²) in [4.78, 5) is 15.2. The quantitative estimate of drug-likeness (QED) is 0.765. The van der Waals surface area contributed by atoms with Crippen LogP contribution in [0.4, 0.5) is 24.8 Å². The van der Waals surface area contributed by atoms with E-state index in [2.05, 4.69) is 20.5 Å². The van der Waals surface area contributed by atoms with Crippen molar-refractivity contribution in [3.8, 4) is 10.6 Å². The Hall–Kier alpha value is -2.68. The molecule has 0 unspecified atom stereocenters. The SMILES string of the molecule is O=c1[nH]c(Nc2ccc(C(F)(F)F)cc2)nnc1-c1cccs1. The average molecular weight is 338 g/mol. The Morgan fingerprint density at radius 2 is 1.83 bits per heavy atom. The van der Waals surface area contributed by atoms with Crippen LogP contribution in [0.2, 0.25) is 0 Å². The van der Waals surface area contributed by atoms with Gasteiger partial charge in [-0.15, -0.1) is 21.5 Å². The molecule has 0 saturated heterocycles. The molecule has 9 heteroatoms. The molecule has 0 bridgehead atoms. The molecule has 0 saturated carbocycles. The Morgan fingerprint density at radius 1 is 1.09 bits per heavy atom. The molecule has 2 heterocycles. The highest BCUT2D eigenvalue weighted by molar-refractivity contribution is 7.13. The van der Waals surface area contributed by atoms with E-state index in [9.17, 15) is 18.0 Å². The van der Waals surface area contributed by atoms with Crippen molar-refractivity contribution in [2.75, 3.05) is 5.32 Å². The highest BCUT2D eigenvalue weighted by Crippen LogP contribution is 2.30. The summed E-state index contributed by atoms with van der Waals surface area (Å²) in [7, 11) is 0. The highest BCUT2D eigenvalue weighted by Gasteiger charge is 2.29. The molecular weight excluding hydrogens is 329 g/mol. The molecule has 3 rings (SSSR count). The molecule has 0 fully saturated rings. The summed E-state index contributed by atoms with van der Waals surface area (Å²) in [6.45, 7) is 0. The van der Waals surface area contributed by atoms with Crippen LogP contribution in [-0.2, 0) is 6.18 Å². The van der Waals surface area contributed by atoms with Crippen molar-refractivity contribution < 1.29 is 13.2 Å². The van der Waals surface area contributed by atoms with E-state index in [4.69, 9.17) is 0 Å². The molecule has 2 N–H and O–H groups in total. The molecule has 23 heavy (non-hydrogen) atoms. The second kappa shape index (κ2) is 5.84. The van der Waals surface area contributed by atoms with E-state index >= 15 is 0 Å². The van der Waals surface area contributed by atoms with Gasteiger partial charge in [0.1, 0.15) is 0 Å². The lowest BCUT2D eigenvalue weighted by atomic mass is 10.2. The minimum absolute atomic E-state index is 0.0510. The van der Waals surface area contributed by atoms with Crippen molar-refractivity contribution in [1.29, 1.82) is 0 Å². The summed E-state index contributed by atoms with van der Waals surface area (Å²) in [5, 5.41) is 12.2. The normalized spacial score (nSPS) is 11.4. The Bertz CT molecular complexity index is 857. The van der Waals surface area contributed by atoms with Crippen LogP contribution in [0.5, 0.6) is 0 Å². The predicted octanol–water partition coefficient (Wildman–Crippen LogP) is 3.66. The van der Waals surface area contributed by atoms with Gasteiger partial charge in [-0.25, -0.2) is 0 Å². The molecule has 0 atom stereocenters. The van der Waals surface area contributed by atoms with Crippen LogP contribution < -0.4 is 10.9 Å². The number of halogens is 3. The molecule has 2 aromatic heterocycles. The van der Waals surface area contributed by atoms with Gasteiger partial charge in [0.25, 0.3) is 5.56 Å². The standard InChI is InChI=1S/C14H9F3N4OS/c15-14(16,17)8-3-5-9(6-4-8)18-13-19-12(22)11(20-21-13)10-2-1-7-23-10/h1-7H,(H2,18,19,21,22). The van der Waals surface area contributed by atoms with Crippen LogP contribution in [0.15, 0.2) is 46.6 Å². The van der Waals surface area contributed by atoms with Crippen molar-refractivity contribution in [1.82, 2.24) is 15.2 Å². The summed E-state index contributed by atoms with van der Waals surface area (Å²) in [6, 6.07) is 7.90. The first-order chi connectivity index (χ1) is 10.9. The van der Waals surface area contributed by atoms with Gasteiger partial charge in [-0.2, -0.15) is 13.2 Å². The lowest BCUT2D eigenvalue weighted by Gasteiger charge is -2.08. The van der Waals surface area contributed by atoms with Crippen molar-refractivity contribution in [2.45, 2.75) is 6.18 Å². The zero-order valence-corrected chi connectivity index (χ0v) is 12.2. The van der Waals surface area contributed by atoms with Crippen LogP contribution in [0, 0.1) is 0 Å². The molecule has 1 aromatic carbocycles. The topological polar surface area (TPSA) is 70.7 Å². The molecule has 118 valence electrons. The summed E-state index contributed by atoms with van der Waals surface area (Å²) in [6.07, 6.45) is -4.39. The lowest BCUT2D eigenvalue weighted by molar-refractivity contribution is -0.137. The number of benzene rings is 1. The molecule has 0 amide bonds. The second-order valence-corrected chi connectivity index (χ2v) is 5.48. The molecule has 0 spiro atoms. The van der Waals surface area contributed by atoms with Gasteiger partial charge in [0.2, 0.25) is 5.95 Å². The van der Waals surface area contributed by atoms with Crippen LogP contribution in [0.25, 0.3) is 10.6 Å². The number of H-pyrrole nitrogens is 1. The zero-order valence-electron chi connectivity index (χ0n) is 11.4. The van der Waals surface area contributed by atoms with Crippen molar-refractivity contribution >= 4 is 23.0 Å². The number of nitrogens with one attached hydrogen (secondary N) is 2. The fraction of sp³-hybridized carbons (Fsp3) is 0.0714. The number of rotatable bonds is 3. The smallest absolute Gasteiger partial charge is 0.324 e. The Morgan fingerprint density at radius 3 is 2.39 bits per heavy atom. The number of nitrogens with zero attached hydrogens (tertiary/aromatic N) is 2. The number of thiophene rings is 1. The van der Waals surface area contributed by atoms with Gasteiger partial charge in [0.05, 0.1) is 10.4 Å². The molecule has 0 radical (unpaired) electrons. The number of hydrogen-bond acceptors (Lipinski definition) is 5. The van der Waals surface area contributed by atoms with Gasteiger partial charge < -0.3 is 5.32 Å². The van der Waals surface area contributed by atoms with Gasteiger partial charge in [-0.1, -0.05) is 6.07 Å². The van der Waals surface area contributed by atoms with Crippen molar-refractivity contribution in [3.63, 3.8) is 0 Å². The van der Waals surface area contributed by atoms with E-state index < -0.39 is 17.3 Å². The van der Waals surface area contributed by atoms with Crippen molar-refractivity contribution in [3.05, 3.63) is 57.7 Å². The maximum Gasteiger partial charge on any atom is 0.416 e. The monoisotopic (exact) mass is 338 g/mol. The van der Waals surface area contributed by atoms with Gasteiger partial charge in [-0.05, 0) is 35.7 Å². The first-order valence-electron chi connectivity index (χ1n) is 6.38. The Labute approximate surface area is 131 Å². The fourth-order valence-electron chi connectivity index (χ4n) is 1.85. The Balaban J connectivity index is 1.81. The number of aromatic amines is 1. The zero-order chi connectivity index (χ0) is 16.4. The van der Waals surface area contributed by atoms with E-state index in [0.717, 1.165) is 12.1 Å². The molecule has 3 aromatic rings. The number of anilines is 2. The Kier molecular flexibility index (Phi) is 3.87. The molecule has 0 aliphatic heterocycles. The largest absolute Gasteiger partial charge is 0.416 e. The van der Waals surface area contributed by atoms with E-state index in [1.807, 2.05) is 5.38 Å². The van der Waals surface area contributed by atoms with Gasteiger partial charge in [-0.3, -0.25) is 9.78 Å². The maximum absolute atomic E-state index is 12.5. The summed E-state index contributed by atoms with van der Waals surface area (Å²) in [5.41, 5.74) is -0.641. The van der Waals surface area contributed by atoms with E-state index in [0.29, 0.717) is 10.6 Å². The number of aromatic nitrogens is 3. The van der Waals surface area contributed by atoms with Gasteiger partial charge >= 0.3 is 6.18 Å². The summed E-state index contributed by atoms with van der Waals surface area (Å²) in [5.74, 6) is 0.0510. The maximum atomic E-state index is 12.5. The predicted molar refractivity (Wildman–Crippen MR) is 80.7 cm³/mol. The molecule has 5 nitrogen and oxygen atoms in total. The van der Waals surface area contributed by atoms with E-state index in [1.54, 1.807) is 12.1 Å². The number of alkyl halides is 3.